The van der Waals surface area contributed by atoms with Gasteiger partial charge in [0.05, 0.1) is 11.6 Å². The molecule has 0 aromatic heterocycles. The first-order chi connectivity index (χ1) is 10.0. The van der Waals surface area contributed by atoms with Crippen molar-refractivity contribution in [1.82, 2.24) is 0 Å². The first-order valence-electron chi connectivity index (χ1n) is 6.37. The van der Waals surface area contributed by atoms with Crippen molar-refractivity contribution in [2.45, 2.75) is 25.5 Å². The second-order valence-electron chi connectivity index (χ2n) is 4.27. The number of halogens is 2. The lowest BCUT2D eigenvalue weighted by atomic mass is 10.3. The summed E-state index contributed by atoms with van der Waals surface area (Å²) in [4.78, 5) is 3.82. The van der Waals surface area contributed by atoms with E-state index in [0.717, 1.165) is 16.5 Å². The molecule has 0 amide bonds. The number of thioether (sulfide) groups is 2. The number of nitrogens with zero attached hydrogens (tertiary/aromatic N) is 2. The standard InChI is InChI=1S/C14H16Cl2N2OS2/c1-10(2)21-14(18-9-17)20-7-3-6-19-13-5-4-11(15)8-12(13)16/h4-5,8,10H,3,6-7H2,1-2H3. The number of hydrogen-bond donors (Lipinski definition) is 0. The molecule has 3 nitrogen and oxygen atoms in total. The van der Waals surface area contributed by atoms with Crippen molar-refractivity contribution in [1.29, 1.82) is 5.26 Å². The Morgan fingerprint density at radius 1 is 1.43 bits per heavy atom. The molecule has 1 aromatic carbocycles. The smallest absolute Gasteiger partial charge is 0.207 e. The van der Waals surface area contributed by atoms with Gasteiger partial charge in [0, 0.05) is 16.0 Å². The lowest BCUT2D eigenvalue weighted by Gasteiger charge is -2.09. The SMILES string of the molecule is CC(C)SC(=NC#N)SCCCOc1ccc(Cl)cc1Cl. The molecule has 1 rings (SSSR count). The summed E-state index contributed by atoms with van der Waals surface area (Å²) in [6.07, 6.45) is 2.68. The third-order valence-electron chi connectivity index (χ3n) is 2.14. The molecule has 0 aliphatic heterocycles. The number of benzene rings is 1. The van der Waals surface area contributed by atoms with Gasteiger partial charge < -0.3 is 4.74 Å². The van der Waals surface area contributed by atoms with Gasteiger partial charge in [-0.2, -0.15) is 10.3 Å². The average molecular weight is 363 g/mol. The van der Waals surface area contributed by atoms with Crippen LogP contribution < -0.4 is 4.74 Å². The van der Waals surface area contributed by atoms with Crippen LogP contribution in [0.3, 0.4) is 0 Å². The summed E-state index contributed by atoms with van der Waals surface area (Å²) >= 11 is 15.0. The Hall–Kier alpha value is -0.540. The predicted octanol–water partition coefficient (Wildman–Crippen LogP) is 5.47. The van der Waals surface area contributed by atoms with Crippen LogP contribution in [0.15, 0.2) is 23.2 Å². The Morgan fingerprint density at radius 3 is 2.81 bits per heavy atom. The first kappa shape index (κ1) is 18.5. The molecule has 0 spiro atoms. The largest absolute Gasteiger partial charge is 0.492 e. The minimum Gasteiger partial charge on any atom is -0.492 e. The molecular formula is C14H16Cl2N2OS2. The Bertz CT molecular complexity index is 530. The Kier molecular flexibility index (Phi) is 9.02. The molecule has 21 heavy (non-hydrogen) atoms. The van der Waals surface area contributed by atoms with E-state index in [2.05, 4.69) is 18.8 Å². The van der Waals surface area contributed by atoms with E-state index in [4.69, 9.17) is 33.2 Å². The van der Waals surface area contributed by atoms with Gasteiger partial charge >= 0.3 is 0 Å². The van der Waals surface area contributed by atoms with Gasteiger partial charge in [-0.05, 0) is 24.6 Å². The third-order valence-corrected chi connectivity index (χ3v) is 4.91. The molecule has 0 unspecified atom stereocenters. The van der Waals surface area contributed by atoms with E-state index >= 15 is 0 Å². The van der Waals surface area contributed by atoms with Crippen molar-refractivity contribution in [3.8, 4) is 11.9 Å². The zero-order valence-corrected chi connectivity index (χ0v) is 15.0. The van der Waals surface area contributed by atoms with Crippen molar-refractivity contribution < 1.29 is 4.74 Å². The summed E-state index contributed by atoms with van der Waals surface area (Å²) in [6, 6.07) is 5.16. The molecule has 0 N–H and O–H groups in total. The highest BCUT2D eigenvalue weighted by Crippen LogP contribution is 2.28. The molecule has 0 bridgehead atoms. The fourth-order valence-corrected chi connectivity index (χ4v) is 3.93. The molecule has 0 aliphatic carbocycles. The van der Waals surface area contributed by atoms with Crippen molar-refractivity contribution in [2.24, 2.45) is 4.99 Å². The van der Waals surface area contributed by atoms with E-state index in [1.165, 1.54) is 0 Å². The zero-order valence-electron chi connectivity index (χ0n) is 11.8. The fourth-order valence-electron chi connectivity index (χ4n) is 1.33. The van der Waals surface area contributed by atoms with Crippen molar-refractivity contribution in [2.75, 3.05) is 12.4 Å². The van der Waals surface area contributed by atoms with Crippen LogP contribution in [0.25, 0.3) is 0 Å². The summed E-state index contributed by atoms with van der Waals surface area (Å²) in [7, 11) is 0. The van der Waals surface area contributed by atoms with Gasteiger partial charge in [0.15, 0.2) is 0 Å². The molecule has 0 aliphatic rings. The van der Waals surface area contributed by atoms with Crippen LogP contribution in [0, 0.1) is 11.5 Å². The molecule has 7 heteroatoms. The van der Waals surface area contributed by atoms with Crippen molar-refractivity contribution in [3.63, 3.8) is 0 Å². The van der Waals surface area contributed by atoms with E-state index in [-0.39, 0.29) is 0 Å². The molecule has 0 radical (unpaired) electrons. The summed E-state index contributed by atoms with van der Waals surface area (Å²) in [5.41, 5.74) is 0. The number of aliphatic imine (C=N–C) groups is 1. The normalized spacial score (nSPS) is 11.5. The first-order valence-corrected chi connectivity index (χ1v) is 8.99. The van der Waals surface area contributed by atoms with Gasteiger partial charge in [-0.25, -0.2) is 0 Å². The molecule has 0 fully saturated rings. The molecule has 1 aromatic rings. The lowest BCUT2D eigenvalue weighted by molar-refractivity contribution is 0.319. The number of nitriles is 1. The van der Waals surface area contributed by atoms with Crippen LogP contribution in [0.2, 0.25) is 10.0 Å². The predicted molar refractivity (Wildman–Crippen MR) is 94.8 cm³/mol. The highest BCUT2D eigenvalue weighted by atomic mass is 35.5. The number of ether oxygens (including phenoxy) is 1. The van der Waals surface area contributed by atoms with Gasteiger partial charge in [0.25, 0.3) is 0 Å². The van der Waals surface area contributed by atoms with E-state index in [1.807, 2.05) is 6.19 Å². The highest BCUT2D eigenvalue weighted by molar-refractivity contribution is 8.39. The van der Waals surface area contributed by atoms with Crippen molar-refractivity contribution in [3.05, 3.63) is 28.2 Å². The Balaban J connectivity index is 2.30. The second-order valence-corrected chi connectivity index (χ2v) is 8.02. The highest BCUT2D eigenvalue weighted by Gasteiger charge is 2.06. The summed E-state index contributed by atoms with van der Waals surface area (Å²) in [5, 5.41) is 10.2. The number of hydrogen-bond acceptors (Lipinski definition) is 5. The van der Waals surface area contributed by atoms with Gasteiger partial charge in [0.2, 0.25) is 6.19 Å². The van der Waals surface area contributed by atoms with Gasteiger partial charge in [-0.1, -0.05) is 60.6 Å². The third kappa shape index (κ3) is 7.87. The maximum absolute atomic E-state index is 8.64. The zero-order chi connectivity index (χ0) is 15.7. The monoisotopic (exact) mass is 362 g/mol. The van der Waals surface area contributed by atoms with Crippen LogP contribution in [-0.4, -0.2) is 22.0 Å². The van der Waals surface area contributed by atoms with E-state index in [1.54, 1.807) is 41.7 Å². The van der Waals surface area contributed by atoms with Gasteiger partial charge in [0.1, 0.15) is 10.1 Å². The second kappa shape index (κ2) is 10.2. The van der Waals surface area contributed by atoms with E-state index in [9.17, 15) is 0 Å². The number of rotatable bonds is 6. The summed E-state index contributed by atoms with van der Waals surface area (Å²) in [6.45, 7) is 4.70. The Morgan fingerprint density at radius 2 is 2.19 bits per heavy atom. The van der Waals surface area contributed by atoms with E-state index < -0.39 is 0 Å². The van der Waals surface area contributed by atoms with Gasteiger partial charge in [-0.3, -0.25) is 0 Å². The van der Waals surface area contributed by atoms with E-state index in [0.29, 0.717) is 27.7 Å². The van der Waals surface area contributed by atoms with Crippen LogP contribution in [0.1, 0.15) is 20.3 Å². The maximum Gasteiger partial charge on any atom is 0.207 e. The molecule has 114 valence electrons. The minimum absolute atomic E-state index is 0.411. The van der Waals surface area contributed by atoms with Crippen molar-refractivity contribution >= 4 is 51.1 Å². The maximum atomic E-state index is 8.64. The van der Waals surface area contributed by atoms with Crippen LogP contribution in [0.4, 0.5) is 0 Å². The van der Waals surface area contributed by atoms with Crippen LogP contribution in [0.5, 0.6) is 5.75 Å². The minimum atomic E-state index is 0.411. The fraction of sp³-hybridized carbons (Fsp3) is 0.429. The lowest BCUT2D eigenvalue weighted by Crippen LogP contribution is -2.01. The van der Waals surface area contributed by atoms with Crippen LogP contribution >= 0.6 is 46.7 Å². The molecule has 0 saturated carbocycles. The summed E-state index contributed by atoms with van der Waals surface area (Å²) < 4.78 is 6.40. The average Bonchev–Trinajstić information content (AvgIpc) is 2.40. The molecule has 0 saturated heterocycles. The topological polar surface area (TPSA) is 45.4 Å². The van der Waals surface area contributed by atoms with Crippen LogP contribution in [-0.2, 0) is 0 Å². The molecular weight excluding hydrogens is 347 g/mol. The molecule has 0 heterocycles. The van der Waals surface area contributed by atoms with Gasteiger partial charge in [-0.15, -0.1) is 0 Å². The quantitative estimate of drug-likeness (QED) is 0.291. The molecule has 0 atom stereocenters. The summed E-state index contributed by atoms with van der Waals surface area (Å²) in [5.74, 6) is 1.47. The Labute approximate surface area is 144 Å².